The van der Waals surface area contributed by atoms with Gasteiger partial charge in [-0.2, -0.15) is 0 Å². The topological polar surface area (TPSA) is 63.0 Å². The second-order valence-electron chi connectivity index (χ2n) is 7.22. The number of hydrogen-bond acceptors (Lipinski definition) is 6. The Bertz CT molecular complexity index is 727. The zero-order valence-corrected chi connectivity index (χ0v) is 17.2. The van der Waals surface area contributed by atoms with Gasteiger partial charge in [-0.05, 0) is 31.0 Å². The number of aliphatic hydroxyl groups is 1. The monoisotopic (exact) mass is 388 g/mol. The van der Waals surface area contributed by atoms with Crippen molar-refractivity contribution in [2.75, 3.05) is 40.5 Å². The van der Waals surface area contributed by atoms with E-state index in [0.717, 1.165) is 68.6 Å². The Kier molecular flexibility index (Phi) is 7.30. The van der Waals surface area contributed by atoms with Gasteiger partial charge in [0.2, 0.25) is 0 Å². The van der Waals surface area contributed by atoms with Gasteiger partial charge >= 0.3 is 0 Å². The van der Waals surface area contributed by atoms with Gasteiger partial charge in [0.05, 0.1) is 20.8 Å². The van der Waals surface area contributed by atoms with Gasteiger partial charge in [0.25, 0.3) is 0 Å². The van der Waals surface area contributed by atoms with E-state index in [9.17, 15) is 5.11 Å². The Balaban J connectivity index is 1.68. The maximum Gasteiger partial charge on any atom is 0.122 e. The first-order valence-corrected chi connectivity index (χ1v) is 9.96. The molecular formula is C21H32N4O3. The molecule has 0 radical (unpaired) electrons. The quantitative estimate of drug-likeness (QED) is 0.709. The van der Waals surface area contributed by atoms with Gasteiger partial charge in [-0.3, -0.25) is 9.80 Å². The van der Waals surface area contributed by atoms with E-state index in [-0.39, 0.29) is 6.61 Å². The highest BCUT2D eigenvalue weighted by molar-refractivity contribution is 5.38. The Hall–Kier alpha value is -2.09. The number of hydrogen-bond donors (Lipinski definition) is 1. The van der Waals surface area contributed by atoms with Gasteiger partial charge in [-0.1, -0.05) is 0 Å². The molecule has 1 aliphatic rings. The molecule has 1 aromatic heterocycles. The van der Waals surface area contributed by atoms with Crippen molar-refractivity contribution in [2.45, 2.75) is 39.0 Å². The fourth-order valence-electron chi connectivity index (χ4n) is 3.90. The van der Waals surface area contributed by atoms with E-state index >= 15 is 0 Å². The largest absolute Gasteiger partial charge is 0.497 e. The number of aryl methyl sites for hydroxylation is 1. The van der Waals surface area contributed by atoms with Crippen LogP contribution in [-0.2, 0) is 19.6 Å². The SMILES string of the molecule is CCn1ccnc1CN1CCN(Cc2cc(OC)cc(OC)c2)[C@@H](CCO)C1. The molecule has 2 aromatic rings. The van der Waals surface area contributed by atoms with Crippen molar-refractivity contribution in [3.63, 3.8) is 0 Å². The summed E-state index contributed by atoms with van der Waals surface area (Å²) in [6, 6.07) is 6.31. The summed E-state index contributed by atoms with van der Waals surface area (Å²) in [4.78, 5) is 9.40. The molecule has 7 nitrogen and oxygen atoms in total. The third kappa shape index (κ3) is 5.04. The van der Waals surface area contributed by atoms with Crippen LogP contribution in [0.3, 0.4) is 0 Å². The van der Waals surface area contributed by atoms with Crippen molar-refractivity contribution in [2.24, 2.45) is 0 Å². The standard InChI is InChI=1S/C21H32N4O3/c1-4-24-7-6-22-21(24)16-23-8-9-25(18(15-23)5-10-26)14-17-11-19(27-2)13-20(12-17)28-3/h6-7,11-13,18,26H,4-5,8-10,14-16H2,1-3H3/t18-/m0/s1. The fourth-order valence-corrected chi connectivity index (χ4v) is 3.90. The number of nitrogens with zero attached hydrogens (tertiary/aromatic N) is 4. The lowest BCUT2D eigenvalue weighted by Gasteiger charge is -2.41. The normalized spacial score (nSPS) is 18.4. The van der Waals surface area contributed by atoms with Crippen molar-refractivity contribution in [1.82, 2.24) is 19.4 Å². The average Bonchev–Trinajstić information content (AvgIpc) is 3.16. The molecule has 7 heteroatoms. The lowest BCUT2D eigenvalue weighted by Crippen LogP contribution is -2.52. The molecule has 0 unspecified atom stereocenters. The smallest absolute Gasteiger partial charge is 0.122 e. The Morgan fingerprint density at radius 2 is 1.86 bits per heavy atom. The van der Waals surface area contributed by atoms with Gasteiger partial charge in [-0.25, -0.2) is 4.98 Å². The van der Waals surface area contributed by atoms with Crippen molar-refractivity contribution in [1.29, 1.82) is 0 Å². The van der Waals surface area contributed by atoms with Crippen molar-refractivity contribution >= 4 is 0 Å². The molecule has 0 amide bonds. The van der Waals surface area contributed by atoms with Crippen LogP contribution in [0.4, 0.5) is 0 Å². The third-order valence-electron chi connectivity index (χ3n) is 5.46. The molecule has 1 atom stereocenters. The first-order valence-electron chi connectivity index (χ1n) is 9.96. The number of rotatable bonds is 9. The number of ether oxygens (including phenoxy) is 2. The highest BCUT2D eigenvalue weighted by Crippen LogP contribution is 2.25. The first kappa shape index (κ1) is 20.6. The molecule has 154 valence electrons. The van der Waals surface area contributed by atoms with Crippen molar-refractivity contribution in [3.8, 4) is 11.5 Å². The van der Waals surface area contributed by atoms with Gasteiger partial charge in [0.1, 0.15) is 17.3 Å². The highest BCUT2D eigenvalue weighted by Gasteiger charge is 2.27. The van der Waals surface area contributed by atoms with E-state index in [2.05, 4.69) is 38.4 Å². The van der Waals surface area contributed by atoms with E-state index < -0.39 is 0 Å². The van der Waals surface area contributed by atoms with Crippen LogP contribution in [0.25, 0.3) is 0 Å². The number of imidazole rings is 1. The summed E-state index contributed by atoms with van der Waals surface area (Å²) < 4.78 is 13.0. The summed E-state index contributed by atoms with van der Waals surface area (Å²) in [6.45, 7) is 7.81. The molecule has 1 aliphatic heterocycles. The van der Waals surface area contributed by atoms with Crippen LogP contribution in [0, 0.1) is 0 Å². The summed E-state index contributed by atoms with van der Waals surface area (Å²) in [5.74, 6) is 2.72. The Morgan fingerprint density at radius 1 is 1.11 bits per heavy atom. The molecular weight excluding hydrogens is 356 g/mol. The molecule has 1 fully saturated rings. The van der Waals surface area contributed by atoms with Crippen LogP contribution in [0.5, 0.6) is 11.5 Å². The van der Waals surface area contributed by atoms with Crippen molar-refractivity contribution in [3.05, 3.63) is 42.0 Å². The van der Waals surface area contributed by atoms with E-state index in [4.69, 9.17) is 9.47 Å². The number of benzene rings is 1. The van der Waals surface area contributed by atoms with Crippen LogP contribution in [-0.4, -0.2) is 71.0 Å². The predicted molar refractivity (Wildman–Crippen MR) is 109 cm³/mol. The molecule has 1 saturated heterocycles. The highest BCUT2D eigenvalue weighted by atomic mass is 16.5. The minimum absolute atomic E-state index is 0.194. The number of piperazine rings is 1. The maximum atomic E-state index is 9.59. The number of aliphatic hydroxyl groups excluding tert-OH is 1. The maximum absolute atomic E-state index is 9.59. The molecule has 1 aromatic carbocycles. The van der Waals surface area contributed by atoms with Gasteiger partial charge < -0.3 is 19.1 Å². The third-order valence-corrected chi connectivity index (χ3v) is 5.46. The second kappa shape index (κ2) is 9.91. The Morgan fingerprint density at radius 3 is 2.50 bits per heavy atom. The molecule has 0 spiro atoms. The van der Waals surface area contributed by atoms with Crippen LogP contribution in [0.15, 0.2) is 30.6 Å². The van der Waals surface area contributed by atoms with E-state index in [1.165, 1.54) is 0 Å². The zero-order valence-electron chi connectivity index (χ0n) is 17.2. The van der Waals surface area contributed by atoms with Gasteiger partial charge in [0, 0.05) is 63.8 Å². The molecule has 2 heterocycles. The Labute approximate surface area is 167 Å². The number of methoxy groups -OCH3 is 2. The molecule has 1 N–H and O–H groups in total. The minimum atomic E-state index is 0.194. The summed E-state index contributed by atoms with van der Waals surface area (Å²) in [5.41, 5.74) is 1.16. The zero-order chi connectivity index (χ0) is 19.9. The fraction of sp³-hybridized carbons (Fsp3) is 0.571. The van der Waals surface area contributed by atoms with E-state index in [1.54, 1.807) is 14.2 Å². The van der Waals surface area contributed by atoms with Crippen LogP contribution in [0.1, 0.15) is 24.7 Å². The van der Waals surface area contributed by atoms with Gasteiger partial charge in [0.15, 0.2) is 0 Å². The molecule has 3 rings (SSSR count). The molecule has 0 saturated carbocycles. The predicted octanol–water partition coefficient (Wildman–Crippen LogP) is 1.99. The molecule has 28 heavy (non-hydrogen) atoms. The first-order chi connectivity index (χ1) is 13.7. The summed E-state index contributed by atoms with van der Waals surface area (Å²) in [7, 11) is 3.35. The van der Waals surface area contributed by atoms with Gasteiger partial charge in [-0.15, -0.1) is 0 Å². The summed E-state index contributed by atoms with van der Waals surface area (Å²) in [6.07, 6.45) is 4.67. The number of aromatic nitrogens is 2. The lowest BCUT2D eigenvalue weighted by molar-refractivity contribution is 0.0482. The summed E-state index contributed by atoms with van der Waals surface area (Å²) >= 11 is 0. The molecule has 0 aliphatic carbocycles. The minimum Gasteiger partial charge on any atom is -0.497 e. The summed E-state index contributed by atoms with van der Waals surface area (Å²) in [5, 5.41) is 9.59. The lowest BCUT2D eigenvalue weighted by atomic mass is 10.1. The second-order valence-corrected chi connectivity index (χ2v) is 7.22. The van der Waals surface area contributed by atoms with Crippen molar-refractivity contribution < 1.29 is 14.6 Å². The van der Waals surface area contributed by atoms with Crippen LogP contribution >= 0.6 is 0 Å². The average molecular weight is 389 g/mol. The molecule has 0 bridgehead atoms. The van der Waals surface area contributed by atoms with Crippen LogP contribution < -0.4 is 9.47 Å². The van der Waals surface area contributed by atoms with E-state index in [1.807, 2.05) is 18.5 Å². The van der Waals surface area contributed by atoms with E-state index in [0.29, 0.717) is 6.04 Å². The van der Waals surface area contributed by atoms with Crippen LogP contribution in [0.2, 0.25) is 0 Å².